The fourth-order valence-electron chi connectivity index (χ4n) is 4.04. The molecular weight excluding hydrogens is 505 g/mol. The number of amides is 2. The molecule has 0 unspecified atom stereocenters. The van der Waals surface area contributed by atoms with E-state index in [4.69, 9.17) is 22.1 Å². The Labute approximate surface area is 241 Å². The highest BCUT2D eigenvalue weighted by Gasteiger charge is 2.28. The Morgan fingerprint density at radius 2 is 1.57 bits per heavy atom. The van der Waals surface area contributed by atoms with Crippen LogP contribution in [0.15, 0.2) is 54.6 Å². The monoisotopic (exact) mass is 551 g/mol. The van der Waals surface area contributed by atoms with Gasteiger partial charge in [-0.25, -0.2) is 9.80 Å². The molecule has 2 radical (unpaired) electrons. The first-order valence-electron chi connectivity index (χ1n) is 14.3. The van der Waals surface area contributed by atoms with E-state index in [9.17, 15) is 9.59 Å². The van der Waals surface area contributed by atoms with Crippen LogP contribution in [0.2, 0.25) is 0 Å². The SMILES string of the molecule is [B]C(=O)N[C@H](Cc1ccccc1)[C@@H](CN(Cc1ccc(OCCCC)cc1)NC(=O)OC(C)(C)C)OCCCC. The van der Waals surface area contributed by atoms with Gasteiger partial charge in [0.15, 0.2) is 5.81 Å². The van der Waals surface area contributed by atoms with E-state index in [0.29, 0.717) is 26.2 Å². The van der Waals surface area contributed by atoms with Gasteiger partial charge in [0.05, 0.1) is 18.8 Å². The molecular formula is C31H46BN3O5. The zero-order chi connectivity index (χ0) is 29.4. The van der Waals surface area contributed by atoms with Crippen molar-refractivity contribution in [2.24, 2.45) is 0 Å². The molecule has 0 fully saturated rings. The average molecular weight is 552 g/mol. The molecule has 0 aromatic heterocycles. The van der Waals surface area contributed by atoms with Crippen LogP contribution < -0.4 is 15.5 Å². The molecule has 0 aliphatic rings. The minimum absolute atomic E-state index is 0.287. The largest absolute Gasteiger partial charge is 0.494 e. The third kappa shape index (κ3) is 13.9. The van der Waals surface area contributed by atoms with Crippen LogP contribution in [0.4, 0.5) is 9.59 Å². The smallest absolute Gasteiger partial charge is 0.422 e. The van der Waals surface area contributed by atoms with E-state index < -0.39 is 29.6 Å². The minimum atomic E-state index is -0.659. The summed E-state index contributed by atoms with van der Waals surface area (Å²) in [5.41, 5.74) is 4.23. The number of rotatable bonds is 17. The van der Waals surface area contributed by atoms with Gasteiger partial charge in [-0.2, -0.15) is 0 Å². The van der Waals surface area contributed by atoms with Crippen molar-refractivity contribution in [3.05, 3.63) is 65.7 Å². The Balaban J connectivity index is 2.29. The molecule has 218 valence electrons. The zero-order valence-corrected chi connectivity index (χ0v) is 24.8. The fraction of sp³-hybridized carbons (Fsp3) is 0.548. The van der Waals surface area contributed by atoms with E-state index in [2.05, 4.69) is 24.6 Å². The molecule has 0 spiro atoms. The first kappa shape index (κ1) is 33.2. The van der Waals surface area contributed by atoms with Gasteiger partial charge in [0.1, 0.15) is 11.4 Å². The molecule has 2 aromatic rings. The van der Waals surface area contributed by atoms with Crippen LogP contribution in [-0.4, -0.2) is 62.3 Å². The molecule has 2 atom stereocenters. The molecule has 2 aromatic carbocycles. The summed E-state index contributed by atoms with van der Waals surface area (Å²) in [6, 6.07) is 17.2. The zero-order valence-electron chi connectivity index (χ0n) is 24.8. The summed E-state index contributed by atoms with van der Waals surface area (Å²) in [6.07, 6.45) is 3.38. The van der Waals surface area contributed by atoms with E-state index in [-0.39, 0.29) is 6.54 Å². The third-order valence-electron chi connectivity index (χ3n) is 6.02. The molecule has 0 aliphatic carbocycles. The second-order valence-corrected chi connectivity index (χ2v) is 10.9. The quantitative estimate of drug-likeness (QED) is 0.147. The van der Waals surface area contributed by atoms with Gasteiger partial charge in [-0.3, -0.25) is 10.2 Å². The maximum absolute atomic E-state index is 12.8. The van der Waals surface area contributed by atoms with Gasteiger partial charge in [-0.05, 0) is 63.3 Å². The Morgan fingerprint density at radius 3 is 2.17 bits per heavy atom. The summed E-state index contributed by atoms with van der Waals surface area (Å²) in [7, 11) is 5.58. The standard InChI is InChI=1S/C31H46BN3O5/c1-6-8-19-38-26-17-15-25(16-18-26)22-35(34-30(37)40-31(3,4)5)23-28(39-20-9-7-2)27(33-29(32)36)21-24-13-11-10-12-14-24/h10-18,27-28H,6-9,19-23H2,1-5H3,(H,33,36)(H,34,37)/t27-,28-/m1/s1. The number of nitrogens with zero attached hydrogens (tertiary/aromatic N) is 1. The summed E-state index contributed by atoms with van der Waals surface area (Å²) in [6.45, 7) is 11.5. The van der Waals surface area contributed by atoms with Crippen LogP contribution >= 0.6 is 0 Å². The average Bonchev–Trinajstić information content (AvgIpc) is 2.88. The molecule has 2 rings (SSSR count). The van der Waals surface area contributed by atoms with Crippen molar-refractivity contribution in [1.82, 2.24) is 15.8 Å². The molecule has 0 aliphatic heterocycles. The number of hydrogen-bond acceptors (Lipinski definition) is 6. The summed E-state index contributed by atoms with van der Waals surface area (Å²) in [5, 5.41) is 4.64. The molecule has 0 saturated heterocycles. The number of nitrogens with one attached hydrogen (secondary N) is 2. The van der Waals surface area contributed by atoms with E-state index in [1.807, 2.05) is 75.4 Å². The number of benzene rings is 2. The number of hydrogen-bond donors (Lipinski definition) is 2. The maximum atomic E-state index is 12.8. The first-order valence-corrected chi connectivity index (χ1v) is 14.3. The minimum Gasteiger partial charge on any atom is -0.494 e. The normalized spacial score (nSPS) is 12.9. The lowest BCUT2D eigenvalue weighted by Gasteiger charge is -2.34. The molecule has 0 bridgehead atoms. The Kier molecular flexibility index (Phi) is 14.6. The molecule has 2 amide bonds. The molecule has 9 heteroatoms. The number of carbonyl (C=O) groups is 2. The van der Waals surface area contributed by atoms with Crippen LogP contribution in [0.1, 0.15) is 71.4 Å². The second kappa shape index (κ2) is 17.6. The van der Waals surface area contributed by atoms with Gasteiger partial charge in [0, 0.05) is 19.7 Å². The molecule has 0 saturated carbocycles. The van der Waals surface area contributed by atoms with Crippen molar-refractivity contribution in [3.63, 3.8) is 0 Å². The topological polar surface area (TPSA) is 89.1 Å². The number of unbranched alkanes of at least 4 members (excludes halogenated alkanes) is 2. The van der Waals surface area contributed by atoms with Crippen LogP contribution in [0.5, 0.6) is 5.75 Å². The van der Waals surface area contributed by atoms with Gasteiger partial charge in [0.25, 0.3) is 0 Å². The Hall–Kier alpha value is -3.04. The molecule has 8 nitrogen and oxygen atoms in total. The summed E-state index contributed by atoms with van der Waals surface area (Å²) in [4.78, 5) is 24.8. The molecule has 2 N–H and O–H groups in total. The van der Waals surface area contributed by atoms with Gasteiger partial charge in [-0.1, -0.05) is 69.2 Å². The van der Waals surface area contributed by atoms with Gasteiger partial charge in [-0.15, -0.1) is 0 Å². The van der Waals surface area contributed by atoms with Gasteiger partial charge < -0.3 is 19.5 Å². The van der Waals surface area contributed by atoms with E-state index in [1.54, 1.807) is 5.01 Å². The fourth-order valence-corrected chi connectivity index (χ4v) is 4.04. The van der Waals surface area contributed by atoms with Crippen LogP contribution in [-0.2, 0) is 22.4 Å². The maximum Gasteiger partial charge on any atom is 0.422 e. The second-order valence-electron chi connectivity index (χ2n) is 10.9. The van der Waals surface area contributed by atoms with Crippen molar-refractivity contribution < 1.29 is 23.8 Å². The van der Waals surface area contributed by atoms with Crippen molar-refractivity contribution >= 4 is 19.7 Å². The highest BCUT2D eigenvalue weighted by atomic mass is 16.6. The predicted octanol–water partition coefficient (Wildman–Crippen LogP) is 5.78. The summed E-state index contributed by atoms with van der Waals surface area (Å²) < 4.78 is 17.7. The highest BCUT2D eigenvalue weighted by Crippen LogP contribution is 2.17. The number of hydrazine groups is 1. The van der Waals surface area contributed by atoms with Gasteiger partial charge >= 0.3 is 6.09 Å². The van der Waals surface area contributed by atoms with E-state index in [0.717, 1.165) is 42.6 Å². The Morgan fingerprint density at radius 1 is 0.925 bits per heavy atom. The predicted molar refractivity (Wildman–Crippen MR) is 159 cm³/mol. The lowest BCUT2D eigenvalue weighted by molar-refractivity contribution is -0.0170. The van der Waals surface area contributed by atoms with Gasteiger partial charge in [0.2, 0.25) is 7.85 Å². The number of ether oxygens (including phenoxy) is 3. The number of carbonyl (C=O) groups excluding carboxylic acids is 2. The molecule has 40 heavy (non-hydrogen) atoms. The first-order chi connectivity index (χ1) is 19.1. The van der Waals surface area contributed by atoms with Crippen molar-refractivity contribution in [2.75, 3.05) is 19.8 Å². The van der Waals surface area contributed by atoms with E-state index in [1.165, 1.54) is 0 Å². The van der Waals surface area contributed by atoms with Crippen molar-refractivity contribution in [2.45, 2.75) is 91.0 Å². The molecule has 0 heterocycles. The van der Waals surface area contributed by atoms with Crippen LogP contribution in [0.25, 0.3) is 0 Å². The highest BCUT2D eigenvalue weighted by molar-refractivity contribution is 6.57. The summed E-state index contributed by atoms with van der Waals surface area (Å²) in [5.74, 6) is 0.175. The lowest BCUT2D eigenvalue weighted by atomic mass is 9.98. The Bertz CT molecular complexity index is 998. The van der Waals surface area contributed by atoms with Crippen LogP contribution in [0, 0.1) is 0 Å². The lowest BCUT2D eigenvalue weighted by Crippen LogP contribution is -2.54. The summed E-state index contributed by atoms with van der Waals surface area (Å²) >= 11 is 0. The van der Waals surface area contributed by atoms with Crippen LogP contribution in [0.3, 0.4) is 0 Å². The van der Waals surface area contributed by atoms with E-state index >= 15 is 0 Å². The third-order valence-corrected chi connectivity index (χ3v) is 6.02. The van der Waals surface area contributed by atoms with Crippen molar-refractivity contribution in [1.29, 1.82) is 0 Å². The van der Waals surface area contributed by atoms with Crippen molar-refractivity contribution in [3.8, 4) is 5.75 Å².